The van der Waals surface area contributed by atoms with Gasteiger partial charge in [-0.1, -0.05) is 6.92 Å². The predicted molar refractivity (Wildman–Crippen MR) is 52.8 cm³/mol. The van der Waals surface area contributed by atoms with Gasteiger partial charge in [-0.2, -0.15) is 0 Å². The molecule has 0 radical (unpaired) electrons. The van der Waals surface area contributed by atoms with E-state index in [0.717, 1.165) is 6.26 Å². The zero-order valence-electron chi connectivity index (χ0n) is 8.10. The average Bonchev–Trinajstić information content (AvgIpc) is 2.24. The van der Waals surface area contributed by atoms with Crippen LogP contribution in [0.5, 0.6) is 0 Å². The van der Waals surface area contributed by atoms with Gasteiger partial charge in [0, 0.05) is 11.5 Å². The van der Waals surface area contributed by atoms with Gasteiger partial charge in [0.2, 0.25) is 0 Å². The number of ketones is 1. The van der Waals surface area contributed by atoms with Gasteiger partial charge < -0.3 is 14.9 Å². The fourth-order valence-corrected chi connectivity index (χ4v) is 1.62. The summed E-state index contributed by atoms with van der Waals surface area (Å²) in [4.78, 5) is 11.6. The molecule has 1 unspecified atom stereocenters. The Balaban J connectivity index is 2.51. The van der Waals surface area contributed by atoms with Crippen molar-refractivity contribution in [3.8, 4) is 0 Å². The first-order chi connectivity index (χ1) is 7.13. The van der Waals surface area contributed by atoms with Crippen molar-refractivity contribution in [1.82, 2.24) is 0 Å². The topological polar surface area (TPSA) is 66.8 Å². The lowest BCUT2D eigenvalue weighted by Gasteiger charge is -2.24. The summed E-state index contributed by atoms with van der Waals surface area (Å²) >= 11 is 0. The number of Topliss-reactive ketones (excluding diaryl/α,β-unsaturated/α-hetero) is 1. The van der Waals surface area contributed by atoms with Crippen molar-refractivity contribution < 1.29 is 19.7 Å². The number of fused-ring (bicyclic) bond motifs is 1. The number of ether oxygens (including phenoxy) is 1. The van der Waals surface area contributed by atoms with Gasteiger partial charge in [0.1, 0.15) is 12.0 Å². The molecule has 2 aliphatic rings. The second-order valence-corrected chi connectivity index (χ2v) is 3.44. The number of hydrogen-bond acceptors (Lipinski definition) is 4. The highest BCUT2D eigenvalue weighted by atomic mass is 16.5. The molecular formula is C11H10O4. The zero-order valence-corrected chi connectivity index (χ0v) is 8.10. The fraction of sp³-hybridized carbons (Fsp3) is 0.182. The maximum Gasteiger partial charge on any atom is 0.173 e. The summed E-state index contributed by atoms with van der Waals surface area (Å²) < 4.78 is 5.12. The molecule has 1 aliphatic carbocycles. The summed E-state index contributed by atoms with van der Waals surface area (Å²) in [5.74, 6) is -0.136. The molecule has 0 aromatic heterocycles. The van der Waals surface area contributed by atoms with Crippen molar-refractivity contribution >= 4 is 5.78 Å². The summed E-state index contributed by atoms with van der Waals surface area (Å²) in [5.41, 5.74) is 0.843. The second kappa shape index (κ2) is 3.31. The summed E-state index contributed by atoms with van der Waals surface area (Å²) in [6.07, 6.45) is 4.90. The van der Waals surface area contributed by atoms with E-state index in [1.807, 2.05) is 0 Å². The number of aliphatic hydroxyl groups excluding tert-OH is 2. The molecule has 2 rings (SSSR count). The predicted octanol–water partition coefficient (Wildman–Crippen LogP) is 1.89. The molecule has 0 bridgehead atoms. The van der Waals surface area contributed by atoms with Gasteiger partial charge in [0.05, 0.1) is 11.8 Å². The SMILES string of the molecule is CC1C(=O)C(=CO)C=C2OC=C(O)C=C21. The maximum absolute atomic E-state index is 11.6. The molecule has 4 heteroatoms. The van der Waals surface area contributed by atoms with Crippen molar-refractivity contribution in [3.05, 3.63) is 47.3 Å². The van der Waals surface area contributed by atoms with Crippen molar-refractivity contribution in [2.75, 3.05) is 0 Å². The van der Waals surface area contributed by atoms with Gasteiger partial charge in [-0.15, -0.1) is 0 Å². The molecule has 1 atom stereocenters. The lowest BCUT2D eigenvalue weighted by Crippen LogP contribution is -2.23. The Kier molecular flexibility index (Phi) is 2.11. The largest absolute Gasteiger partial charge is 0.515 e. The molecule has 2 N–H and O–H groups in total. The van der Waals surface area contributed by atoms with E-state index >= 15 is 0 Å². The van der Waals surface area contributed by atoms with Gasteiger partial charge in [-0.05, 0) is 12.2 Å². The average molecular weight is 206 g/mol. The molecule has 4 nitrogen and oxygen atoms in total. The van der Waals surface area contributed by atoms with Gasteiger partial charge in [-0.25, -0.2) is 0 Å². The lowest BCUT2D eigenvalue weighted by molar-refractivity contribution is -0.117. The molecular weight excluding hydrogens is 196 g/mol. The van der Waals surface area contributed by atoms with Crippen LogP contribution in [0.15, 0.2) is 47.3 Å². The Morgan fingerprint density at radius 2 is 2.20 bits per heavy atom. The zero-order chi connectivity index (χ0) is 11.0. The van der Waals surface area contributed by atoms with Crippen LogP contribution in [0.2, 0.25) is 0 Å². The van der Waals surface area contributed by atoms with Crippen molar-refractivity contribution in [1.29, 1.82) is 0 Å². The molecule has 0 amide bonds. The van der Waals surface area contributed by atoms with E-state index in [4.69, 9.17) is 9.84 Å². The van der Waals surface area contributed by atoms with Gasteiger partial charge in [-0.3, -0.25) is 4.79 Å². The number of rotatable bonds is 0. The van der Waals surface area contributed by atoms with Gasteiger partial charge in [0.15, 0.2) is 11.5 Å². The van der Waals surface area contributed by atoms with Crippen LogP contribution in [-0.2, 0) is 9.53 Å². The molecule has 78 valence electrons. The Morgan fingerprint density at radius 1 is 1.47 bits per heavy atom. The molecule has 0 aromatic rings. The summed E-state index contributed by atoms with van der Waals surface area (Å²) in [7, 11) is 0. The number of carbonyl (C=O) groups excluding carboxylic acids is 1. The quantitative estimate of drug-likeness (QED) is 0.469. The number of aliphatic hydroxyl groups is 2. The highest BCUT2D eigenvalue weighted by molar-refractivity contribution is 6.03. The molecule has 0 fully saturated rings. The van der Waals surface area contributed by atoms with Crippen molar-refractivity contribution in [2.24, 2.45) is 5.92 Å². The van der Waals surface area contributed by atoms with E-state index in [1.165, 1.54) is 18.4 Å². The lowest BCUT2D eigenvalue weighted by atomic mass is 9.84. The molecule has 0 saturated carbocycles. The van der Waals surface area contributed by atoms with Crippen LogP contribution < -0.4 is 0 Å². The van der Waals surface area contributed by atoms with Crippen molar-refractivity contribution in [3.63, 3.8) is 0 Å². The molecule has 1 heterocycles. The van der Waals surface area contributed by atoms with E-state index in [0.29, 0.717) is 11.3 Å². The Morgan fingerprint density at radius 3 is 2.87 bits per heavy atom. The summed E-state index contributed by atoms with van der Waals surface area (Å²) in [6, 6.07) is 0. The normalized spacial score (nSPS) is 27.5. The Hall–Kier alpha value is -1.97. The van der Waals surface area contributed by atoms with E-state index < -0.39 is 5.92 Å². The molecule has 15 heavy (non-hydrogen) atoms. The molecule has 0 spiro atoms. The van der Waals surface area contributed by atoms with E-state index in [-0.39, 0.29) is 17.1 Å². The minimum atomic E-state index is -0.417. The Bertz CT molecular complexity index is 438. The standard InChI is InChI=1S/C11H10O4/c1-6-9-3-8(13)5-15-10(9)2-7(4-12)11(6)14/h2-6,12-13H,1H3. The first kappa shape index (κ1) is 9.58. The van der Waals surface area contributed by atoms with E-state index in [9.17, 15) is 9.90 Å². The minimum absolute atomic E-state index is 0.0155. The number of allylic oxidation sites excluding steroid dienone is 4. The van der Waals surface area contributed by atoms with Crippen molar-refractivity contribution in [2.45, 2.75) is 6.92 Å². The van der Waals surface area contributed by atoms with Crippen LogP contribution in [0, 0.1) is 5.92 Å². The fourth-order valence-electron chi connectivity index (χ4n) is 1.62. The molecule has 0 saturated heterocycles. The van der Waals surface area contributed by atoms with Crippen LogP contribution in [0.1, 0.15) is 6.92 Å². The maximum atomic E-state index is 11.6. The summed E-state index contributed by atoms with van der Waals surface area (Å²) in [6.45, 7) is 1.70. The molecule has 0 aromatic carbocycles. The van der Waals surface area contributed by atoms with E-state index in [1.54, 1.807) is 6.92 Å². The minimum Gasteiger partial charge on any atom is -0.515 e. The number of hydrogen-bond donors (Lipinski definition) is 2. The van der Waals surface area contributed by atoms with Crippen LogP contribution >= 0.6 is 0 Å². The first-order valence-corrected chi connectivity index (χ1v) is 4.51. The van der Waals surface area contributed by atoms with Crippen LogP contribution in [0.3, 0.4) is 0 Å². The van der Waals surface area contributed by atoms with Gasteiger partial charge >= 0.3 is 0 Å². The van der Waals surface area contributed by atoms with Crippen LogP contribution in [0.4, 0.5) is 0 Å². The highest BCUT2D eigenvalue weighted by Crippen LogP contribution is 2.33. The van der Waals surface area contributed by atoms with Crippen LogP contribution in [-0.4, -0.2) is 16.0 Å². The van der Waals surface area contributed by atoms with Crippen LogP contribution in [0.25, 0.3) is 0 Å². The summed E-state index contributed by atoms with van der Waals surface area (Å²) in [5, 5.41) is 18.1. The third kappa shape index (κ3) is 1.44. The van der Waals surface area contributed by atoms with Gasteiger partial charge in [0.25, 0.3) is 0 Å². The highest BCUT2D eigenvalue weighted by Gasteiger charge is 2.31. The third-order valence-corrected chi connectivity index (χ3v) is 2.46. The third-order valence-electron chi connectivity index (χ3n) is 2.46. The molecule has 1 aliphatic heterocycles. The monoisotopic (exact) mass is 206 g/mol. The number of carbonyl (C=O) groups is 1. The first-order valence-electron chi connectivity index (χ1n) is 4.51. The second-order valence-electron chi connectivity index (χ2n) is 3.44. The Labute approximate surface area is 86.5 Å². The smallest absolute Gasteiger partial charge is 0.173 e. The van der Waals surface area contributed by atoms with E-state index in [2.05, 4.69) is 0 Å².